The molecule has 0 aliphatic carbocycles. The zero-order chi connectivity index (χ0) is 17.9. The number of aromatic nitrogens is 3. The lowest BCUT2D eigenvalue weighted by atomic mass is 10.0. The molecule has 3 heterocycles. The standard InChI is InChI=1S/C20H22BrN5/c1-2-15-12-20(24-13-23-15)26-9-6-16(7-10-26)25-18-5-8-22-19-11-14(21)3-4-17(18)19/h3-5,8,11-13,16H,2,6-7,9-10H2,1H3,(H,22,25). The van der Waals surface area contributed by atoms with Crippen LogP contribution in [0.2, 0.25) is 0 Å². The Hall–Kier alpha value is -2.21. The Morgan fingerprint density at radius 2 is 1.96 bits per heavy atom. The highest BCUT2D eigenvalue weighted by Crippen LogP contribution is 2.27. The fourth-order valence-corrected chi connectivity index (χ4v) is 3.82. The summed E-state index contributed by atoms with van der Waals surface area (Å²) < 4.78 is 1.05. The molecule has 1 N–H and O–H groups in total. The van der Waals surface area contributed by atoms with Crippen LogP contribution in [-0.4, -0.2) is 34.1 Å². The van der Waals surface area contributed by atoms with Gasteiger partial charge in [0.15, 0.2) is 0 Å². The minimum Gasteiger partial charge on any atom is -0.382 e. The number of rotatable bonds is 4. The maximum absolute atomic E-state index is 4.47. The zero-order valence-electron chi connectivity index (χ0n) is 14.8. The summed E-state index contributed by atoms with van der Waals surface area (Å²) in [6.45, 7) is 4.14. The van der Waals surface area contributed by atoms with Gasteiger partial charge in [-0.25, -0.2) is 9.97 Å². The molecule has 0 unspecified atom stereocenters. The molecule has 0 amide bonds. The number of fused-ring (bicyclic) bond motifs is 1. The molecule has 0 spiro atoms. The van der Waals surface area contributed by atoms with E-state index in [0.29, 0.717) is 6.04 Å². The zero-order valence-corrected chi connectivity index (χ0v) is 16.4. The number of nitrogens with zero attached hydrogens (tertiary/aromatic N) is 4. The molecule has 2 aromatic heterocycles. The number of piperidine rings is 1. The molecule has 0 saturated carbocycles. The van der Waals surface area contributed by atoms with Crippen molar-refractivity contribution >= 4 is 38.3 Å². The van der Waals surface area contributed by atoms with Crippen molar-refractivity contribution in [1.29, 1.82) is 0 Å². The van der Waals surface area contributed by atoms with Gasteiger partial charge in [0.1, 0.15) is 12.1 Å². The molecule has 3 aromatic rings. The lowest BCUT2D eigenvalue weighted by molar-refractivity contribution is 0.523. The first kappa shape index (κ1) is 17.2. The Kier molecular flexibility index (Phi) is 5.02. The van der Waals surface area contributed by atoms with Crippen LogP contribution in [0.5, 0.6) is 0 Å². The van der Waals surface area contributed by atoms with Gasteiger partial charge in [-0.05, 0) is 43.5 Å². The van der Waals surface area contributed by atoms with E-state index in [1.54, 1.807) is 6.33 Å². The van der Waals surface area contributed by atoms with E-state index >= 15 is 0 Å². The quantitative estimate of drug-likeness (QED) is 0.687. The number of hydrogen-bond donors (Lipinski definition) is 1. The molecule has 0 radical (unpaired) electrons. The molecule has 1 fully saturated rings. The minimum atomic E-state index is 0.466. The van der Waals surface area contributed by atoms with Crippen LogP contribution in [0.1, 0.15) is 25.5 Å². The average molecular weight is 412 g/mol. The van der Waals surface area contributed by atoms with E-state index in [2.05, 4.69) is 78.4 Å². The molecular weight excluding hydrogens is 390 g/mol. The van der Waals surface area contributed by atoms with E-state index in [4.69, 9.17) is 0 Å². The van der Waals surface area contributed by atoms with Crippen molar-refractivity contribution in [2.45, 2.75) is 32.2 Å². The van der Waals surface area contributed by atoms with Gasteiger partial charge in [-0.2, -0.15) is 0 Å². The molecule has 1 aliphatic rings. The van der Waals surface area contributed by atoms with Gasteiger partial charge in [0.25, 0.3) is 0 Å². The fraction of sp³-hybridized carbons (Fsp3) is 0.350. The van der Waals surface area contributed by atoms with Crippen LogP contribution in [0.3, 0.4) is 0 Å². The summed E-state index contributed by atoms with van der Waals surface area (Å²) in [5.41, 5.74) is 3.27. The number of anilines is 2. The second-order valence-corrected chi connectivity index (χ2v) is 7.56. The topological polar surface area (TPSA) is 53.9 Å². The van der Waals surface area contributed by atoms with Crippen molar-refractivity contribution in [3.05, 3.63) is 53.0 Å². The number of halogens is 1. The summed E-state index contributed by atoms with van der Waals surface area (Å²) in [4.78, 5) is 15.6. The average Bonchev–Trinajstić information content (AvgIpc) is 2.68. The largest absolute Gasteiger partial charge is 0.382 e. The number of hydrogen-bond acceptors (Lipinski definition) is 5. The third kappa shape index (κ3) is 3.65. The van der Waals surface area contributed by atoms with Crippen LogP contribution in [0.15, 0.2) is 47.3 Å². The molecule has 1 aliphatic heterocycles. The molecule has 0 bridgehead atoms. The van der Waals surface area contributed by atoms with E-state index in [1.165, 1.54) is 5.39 Å². The SMILES string of the molecule is CCc1cc(N2CCC(Nc3ccnc4cc(Br)ccc34)CC2)ncn1. The van der Waals surface area contributed by atoms with Crippen LogP contribution in [0.25, 0.3) is 10.9 Å². The number of nitrogens with one attached hydrogen (secondary N) is 1. The van der Waals surface area contributed by atoms with Gasteiger partial charge in [-0.3, -0.25) is 4.98 Å². The molecule has 6 heteroatoms. The van der Waals surface area contributed by atoms with Crippen LogP contribution < -0.4 is 10.2 Å². The Morgan fingerprint density at radius 1 is 1.12 bits per heavy atom. The molecule has 1 saturated heterocycles. The van der Waals surface area contributed by atoms with Crippen molar-refractivity contribution in [3.63, 3.8) is 0 Å². The maximum atomic E-state index is 4.47. The van der Waals surface area contributed by atoms with Gasteiger partial charge >= 0.3 is 0 Å². The first-order valence-corrected chi connectivity index (χ1v) is 9.89. The Morgan fingerprint density at radius 3 is 2.77 bits per heavy atom. The van der Waals surface area contributed by atoms with Gasteiger partial charge in [0.2, 0.25) is 0 Å². The summed E-state index contributed by atoms with van der Waals surface area (Å²) in [5.74, 6) is 1.05. The molecular formula is C20H22BrN5. The van der Waals surface area contributed by atoms with Gasteiger partial charge in [0, 0.05) is 52.6 Å². The number of aryl methyl sites for hydroxylation is 1. The number of benzene rings is 1. The molecule has 0 atom stereocenters. The maximum Gasteiger partial charge on any atom is 0.132 e. The molecule has 26 heavy (non-hydrogen) atoms. The van der Waals surface area contributed by atoms with E-state index in [9.17, 15) is 0 Å². The predicted molar refractivity (Wildman–Crippen MR) is 110 cm³/mol. The second kappa shape index (κ2) is 7.58. The van der Waals surface area contributed by atoms with Crippen molar-refractivity contribution in [2.24, 2.45) is 0 Å². The van der Waals surface area contributed by atoms with Gasteiger partial charge in [-0.15, -0.1) is 0 Å². The third-order valence-corrected chi connectivity index (χ3v) is 5.45. The second-order valence-electron chi connectivity index (χ2n) is 6.65. The van der Waals surface area contributed by atoms with Crippen molar-refractivity contribution < 1.29 is 0 Å². The number of pyridine rings is 1. The lowest BCUT2D eigenvalue weighted by Crippen LogP contribution is -2.39. The summed E-state index contributed by atoms with van der Waals surface area (Å²) in [7, 11) is 0. The minimum absolute atomic E-state index is 0.466. The summed E-state index contributed by atoms with van der Waals surface area (Å²) in [5, 5.41) is 4.89. The van der Waals surface area contributed by atoms with Gasteiger partial charge in [0.05, 0.1) is 5.52 Å². The lowest BCUT2D eigenvalue weighted by Gasteiger charge is -2.33. The van der Waals surface area contributed by atoms with Gasteiger partial charge in [-0.1, -0.05) is 22.9 Å². The van der Waals surface area contributed by atoms with E-state index in [-0.39, 0.29) is 0 Å². The van der Waals surface area contributed by atoms with Gasteiger partial charge < -0.3 is 10.2 Å². The van der Waals surface area contributed by atoms with Crippen LogP contribution in [0.4, 0.5) is 11.5 Å². The highest BCUT2D eigenvalue weighted by atomic mass is 79.9. The third-order valence-electron chi connectivity index (χ3n) is 4.95. The smallest absolute Gasteiger partial charge is 0.132 e. The molecule has 1 aromatic carbocycles. The van der Waals surface area contributed by atoms with Crippen LogP contribution >= 0.6 is 15.9 Å². The summed E-state index contributed by atoms with van der Waals surface area (Å²) in [6, 6.07) is 10.9. The highest BCUT2D eigenvalue weighted by molar-refractivity contribution is 9.10. The van der Waals surface area contributed by atoms with Crippen molar-refractivity contribution in [3.8, 4) is 0 Å². The molecule has 134 valence electrons. The van der Waals surface area contributed by atoms with E-state index in [1.807, 2.05) is 6.20 Å². The molecule has 4 rings (SSSR count). The summed E-state index contributed by atoms with van der Waals surface area (Å²) >= 11 is 3.52. The van der Waals surface area contributed by atoms with Crippen LogP contribution in [-0.2, 0) is 6.42 Å². The van der Waals surface area contributed by atoms with E-state index in [0.717, 1.165) is 59.5 Å². The van der Waals surface area contributed by atoms with Crippen molar-refractivity contribution in [2.75, 3.05) is 23.3 Å². The first-order valence-electron chi connectivity index (χ1n) is 9.09. The monoisotopic (exact) mass is 411 g/mol. The molecule has 5 nitrogen and oxygen atoms in total. The predicted octanol–water partition coefficient (Wildman–Crippen LogP) is 4.43. The Labute approximate surface area is 162 Å². The normalized spacial score (nSPS) is 15.4. The fourth-order valence-electron chi connectivity index (χ4n) is 3.47. The summed E-state index contributed by atoms with van der Waals surface area (Å²) in [6.07, 6.45) is 6.68. The van der Waals surface area contributed by atoms with Crippen molar-refractivity contribution in [1.82, 2.24) is 15.0 Å². The first-order chi connectivity index (χ1) is 12.7. The Balaban J connectivity index is 1.44. The Bertz CT molecular complexity index is 906. The van der Waals surface area contributed by atoms with E-state index < -0.39 is 0 Å². The van der Waals surface area contributed by atoms with Crippen LogP contribution in [0, 0.1) is 0 Å². The highest BCUT2D eigenvalue weighted by Gasteiger charge is 2.21.